The summed E-state index contributed by atoms with van der Waals surface area (Å²) in [6.07, 6.45) is 9.00. The van der Waals surface area contributed by atoms with Gasteiger partial charge in [0.05, 0.1) is 0 Å². The fraction of sp³-hybridized carbons (Fsp3) is 0.857. The zero-order chi connectivity index (χ0) is 11.0. The van der Waals surface area contributed by atoms with Gasteiger partial charge in [0.25, 0.3) is 0 Å². The Morgan fingerprint density at radius 2 is 1.79 bits per heavy atom. The number of allylic oxidation sites excluding steroid dienone is 2. The third kappa shape index (κ3) is 7.17. The Morgan fingerprint density at radius 3 is 2.21 bits per heavy atom. The van der Waals surface area contributed by atoms with Gasteiger partial charge < -0.3 is 0 Å². The van der Waals surface area contributed by atoms with Crippen LogP contribution in [0.4, 0.5) is 0 Å². The molecule has 0 radical (unpaired) electrons. The van der Waals surface area contributed by atoms with Crippen LogP contribution in [0.2, 0.25) is 0 Å². The highest BCUT2D eigenvalue weighted by atomic mass is 14.1. The van der Waals surface area contributed by atoms with Gasteiger partial charge in [-0.1, -0.05) is 52.2 Å². The Hall–Kier alpha value is -0.260. The van der Waals surface area contributed by atoms with Crippen LogP contribution < -0.4 is 0 Å². The standard InChI is InChI=1S/C14H28/c1-6-8-13(5)11-14(7-2)10-9-12(3)4/h8,12,14H,6-7,9-11H2,1-5H3. The molecule has 0 spiro atoms. The van der Waals surface area contributed by atoms with Crippen molar-refractivity contribution in [2.24, 2.45) is 11.8 Å². The van der Waals surface area contributed by atoms with E-state index >= 15 is 0 Å². The molecule has 0 amide bonds. The number of rotatable bonds is 7. The van der Waals surface area contributed by atoms with E-state index in [4.69, 9.17) is 0 Å². The summed E-state index contributed by atoms with van der Waals surface area (Å²) >= 11 is 0. The number of hydrogen-bond acceptors (Lipinski definition) is 0. The molecule has 0 heterocycles. The van der Waals surface area contributed by atoms with Crippen molar-refractivity contribution in [3.63, 3.8) is 0 Å². The van der Waals surface area contributed by atoms with Gasteiger partial charge in [-0.25, -0.2) is 0 Å². The predicted octanol–water partition coefficient (Wildman–Crippen LogP) is 5.20. The zero-order valence-electron chi connectivity index (χ0n) is 10.8. The molecule has 0 N–H and O–H groups in total. The van der Waals surface area contributed by atoms with Crippen LogP contribution in [-0.4, -0.2) is 0 Å². The van der Waals surface area contributed by atoms with Gasteiger partial charge in [-0.05, 0) is 38.0 Å². The molecule has 14 heavy (non-hydrogen) atoms. The van der Waals surface area contributed by atoms with Gasteiger partial charge in [0.1, 0.15) is 0 Å². The molecule has 0 bridgehead atoms. The maximum absolute atomic E-state index is 2.37. The maximum Gasteiger partial charge on any atom is -0.0295 e. The first-order valence-corrected chi connectivity index (χ1v) is 6.25. The lowest BCUT2D eigenvalue weighted by Gasteiger charge is -2.16. The Morgan fingerprint density at radius 1 is 1.14 bits per heavy atom. The summed E-state index contributed by atoms with van der Waals surface area (Å²) in [4.78, 5) is 0. The maximum atomic E-state index is 2.37. The largest absolute Gasteiger partial charge is 0.0859 e. The Bertz CT molecular complexity index is 153. The van der Waals surface area contributed by atoms with E-state index in [1.54, 1.807) is 5.57 Å². The molecule has 0 aromatic rings. The van der Waals surface area contributed by atoms with E-state index in [-0.39, 0.29) is 0 Å². The lowest BCUT2D eigenvalue weighted by molar-refractivity contribution is 0.410. The van der Waals surface area contributed by atoms with Gasteiger partial charge in [0.15, 0.2) is 0 Å². The lowest BCUT2D eigenvalue weighted by atomic mass is 9.90. The van der Waals surface area contributed by atoms with Crippen molar-refractivity contribution >= 4 is 0 Å². The minimum Gasteiger partial charge on any atom is -0.0859 e. The van der Waals surface area contributed by atoms with Gasteiger partial charge in [0.2, 0.25) is 0 Å². The van der Waals surface area contributed by atoms with Crippen LogP contribution in [0.1, 0.15) is 66.7 Å². The molecule has 1 atom stereocenters. The molecule has 0 aliphatic carbocycles. The molecule has 0 aromatic heterocycles. The van der Waals surface area contributed by atoms with Crippen molar-refractivity contribution in [2.75, 3.05) is 0 Å². The molecule has 0 saturated carbocycles. The first-order chi connectivity index (χ1) is 6.60. The Labute approximate surface area is 90.8 Å². The Kier molecular flexibility index (Phi) is 7.93. The monoisotopic (exact) mass is 196 g/mol. The van der Waals surface area contributed by atoms with Crippen LogP contribution in [0, 0.1) is 11.8 Å². The molecule has 0 aromatic carbocycles. The summed E-state index contributed by atoms with van der Waals surface area (Å²) in [6.45, 7) is 11.5. The second-order valence-corrected chi connectivity index (χ2v) is 4.91. The van der Waals surface area contributed by atoms with Crippen molar-refractivity contribution < 1.29 is 0 Å². The highest BCUT2D eigenvalue weighted by Gasteiger charge is 2.07. The quantitative estimate of drug-likeness (QED) is 0.491. The molecule has 0 aliphatic rings. The van der Waals surface area contributed by atoms with E-state index in [1.807, 2.05) is 0 Å². The third-order valence-electron chi connectivity index (χ3n) is 2.89. The van der Waals surface area contributed by atoms with Gasteiger partial charge in [-0.15, -0.1) is 0 Å². The molecule has 0 heteroatoms. The van der Waals surface area contributed by atoms with Gasteiger partial charge >= 0.3 is 0 Å². The summed E-state index contributed by atoms with van der Waals surface area (Å²) < 4.78 is 0. The highest BCUT2D eigenvalue weighted by molar-refractivity contribution is 4.98. The summed E-state index contributed by atoms with van der Waals surface area (Å²) in [5, 5.41) is 0. The van der Waals surface area contributed by atoms with Crippen LogP contribution in [0.25, 0.3) is 0 Å². The predicted molar refractivity (Wildman–Crippen MR) is 66.5 cm³/mol. The molecule has 1 unspecified atom stereocenters. The molecule has 0 nitrogen and oxygen atoms in total. The third-order valence-corrected chi connectivity index (χ3v) is 2.89. The van der Waals surface area contributed by atoms with Gasteiger partial charge in [-0.2, -0.15) is 0 Å². The molecule has 0 saturated heterocycles. The molecular weight excluding hydrogens is 168 g/mol. The molecule has 0 aliphatic heterocycles. The van der Waals surface area contributed by atoms with E-state index < -0.39 is 0 Å². The first kappa shape index (κ1) is 13.7. The van der Waals surface area contributed by atoms with Crippen LogP contribution in [0.15, 0.2) is 11.6 Å². The van der Waals surface area contributed by atoms with Gasteiger partial charge in [0, 0.05) is 0 Å². The molecular formula is C14H28. The average Bonchev–Trinajstić information content (AvgIpc) is 2.12. The van der Waals surface area contributed by atoms with E-state index in [0.29, 0.717) is 0 Å². The van der Waals surface area contributed by atoms with Crippen LogP contribution in [-0.2, 0) is 0 Å². The second kappa shape index (κ2) is 8.08. The minimum atomic E-state index is 0.861. The highest BCUT2D eigenvalue weighted by Crippen LogP contribution is 2.22. The van der Waals surface area contributed by atoms with E-state index in [1.165, 1.54) is 32.1 Å². The average molecular weight is 196 g/mol. The fourth-order valence-electron chi connectivity index (χ4n) is 1.91. The molecule has 84 valence electrons. The van der Waals surface area contributed by atoms with Crippen molar-refractivity contribution in [3.8, 4) is 0 Å². The van der Waals surface area contributed by atoms with Crippen LogP contribution in [0.3, 0.4) is 0 Å². The van der Waals surface area contributed by atoms with Crippen LogP contribution in [0.5, 0.6) is 0 Å². The zero-order valence-corrected chi connectivity index (χ0v) is 10.8. The smallest absolute Gasteiger partial charge is 0.0295 e. The molecule has 0 rings (SSSR count). The topological polar surface area (TPSA) is 0 Å². The molecule has 0 fully saturated rings. The van der Waals surface area contributed by atoms with E-state index in [0.717, 1.165) is 11.8 Å². The van der Waals surface area contributed by atoms with E-state index in [2.05, 4.69) is 40.7 Å². The summed E-state index contributed by atoms with van der Waals surface area (Å²) in [7, 11) is 0. The first-order valence-electron chi connectivity index (χ1n) is 6.25. The normalized spacial score (nSPS) is 14.9. The fourth-order valence-corrected chi connectivity index (χ4v) is 1.91. The SMILES string of the molecule is CCC=C(C)CC(CC)CCC(C)C. The Balaban J connectivity index is 3.84. The van der Waals surface area contributed by atoms with Gasteiger partial charge in [-0.3, -0.25) is 0 Å². The number of hydrogen-bond donors (Lipinski definition) is 0. The lowest BCUT2D eigenvalue weighted by Crippen LogP contribution is -2.02. The van der Waals surface area contributed by atoms with Crippen LogP contribution >= 0.6 is 0 Å². The van der Waals surface area contributed by atoms with Crippen molar-refractivity contribution in [1.82, 2.24) is 0 Å². The van der Waals surface area contributed by atoms with Crippen molar-refractivity contribution in [1.29, 1.82) is 0 Å². The minimum absolute atomic E-state index is 0.861. The van der Waals surface area contributed by atoms with Crippen molar-refractivity contribution in [2.45, 2.75) is 66.7 Å². The second-order valence-electron chi connectivity index (χ2n) is 4.91. The van der Waals surface area contributed by atoms with Crippen molar-refractivity contribution in [3.05, 3.63) is 11.6 Å². The van der Waals surface area contributed by atoms with E-state index in [9.17, 15) is 0 Å². The summed E-state index contributed by atoms with van der Waals surface area (Å²) in [5.74, 6) is 1.78. The summed E-state index contributed by atoms with van der Waals surface area (Å²) in [5.41, 5.74) is 1.59. The summed E-state index contributed by atoms with van der Waals surface area (Å²) in [6, 6.07) is 0.